The minimum Gasteiger partial charge on any atom is -0.352 e. The van der Waals surface area contributed by atoms with Gasteiger partial charge < -0.3 is 10.2 Å². The molecule has 214 valence electrons. The average molecular weight is 607 g/mol. The summed E-state index contributed by atoms with van der Waals surface area (Å²) in [6.07, 6.45) is 3.93. The summed E-state index contributed by atoms with van der Waals surface area (Å²) in [6, 6.07) is 17.7. The van der Waals surface area contributed by atoms with Crippen molar-refractivity contribution in [1.82, 2.24) is 10.2 Å². The normalized spacial score (nSPS) is 18.4. The smallest absolute Gasteiger partial charge is 0.264 e. The van der Waals surface area contributed by atoms with Crippen molar-refractivity contribution in [2.45, 2.75) is 36.6 Å². The van der Waals surface area contributed by atoms with Gasteiger partial charge in [0.15, 0.2) is 0 Å². The number of hydrogen-bond acceptors (Lipinski definition) is 4. The van der Waals surface area contributed by atoms with Crippen molar-refractivity contribution < 1.29 is 17.6 Å². The van der Waals surface area contributed by atoms with E-state index in [1.54, 1.807) is 24.3 Å². The first kappa shape index (κ1) is 30.3. The fourth-order valence-corrected chi connectivity index (χ4v) is 7.16. The molecule has 40 heavy (non-hydrogen) atoms. The molecule has 3 aromatic carbocycles. The van der Waals surface area contributed by atoms with Crippen LogP contribution >= 0.6 is 23.2 Å². The van der Waals surface area contributed by atoms with Crippen molar-refractivity contribution in [2.75, 3.05) is 32.0 Å². The maximum absolute atomic E-state index is 13.5. The number of rotatable bonds is 9. The zero-order valence-corrected chi connectivity index (χ0v) is 25.1. The van der Waals surface area contributed by atoms with Crippen LogP contribution in [-0.2, 0) is 10.0 Å². The van der Waals surface area contributed by atoms with Gasteiger partial charge in [-0.15, -0.1) is 0 Å². The summed E-state index contributed by atoms with van der Waals surface area (Å²) >= 11 is 12.0. The number of carbonyl (C=O) groups is 1. The summed E-state index contributed by atoms with van der Waals surface area (Å²) in [4.78, 5) is 15.4. The van der Waals surface area contributed by atoms with Crippen LogP contribution < -0.4 is 9.62 Å². The molecule has 4 rings (SSSR count). The molecule has 0 heterocycles. The van der Waals surface area contributed by atoms with E-state index in [9.17, 15) is 17.6 Å². The molecule has 10 heteroatoms. The molecule has 0 aliphatic heterocycles. The SMILES string of the molecule is CN(C)C(c1ccc(F)cc1)C1CCC(CNC(=O)c2ccccc2N(C)S(=O)(=O)c2ccc(Cl)c(Cl)c2)CC1. The number of nitrogens with one attached hydrogen (secondary N) is 1. The molecule has 1 aliphatic rings. The number of hydrogen-bond donors (Lipinski definition) is 1. The van der Waals surface area contributed by atoms with Gasteiger partial charge in [0, 0.05) is 19.6 Å². The highest BCUT2D eigenvalue weighted by Gasteiger charge is 2.31. The molecule has 0 radical (unpaired) electrons. The van der Waals surface area contributed by atoms with Gasteiger partial charge in [0.1, 0.15) is 5.82 Å². The van der Waals surface area contributed by atoms with Gasteiger partial charge in [0.25, 0.3) is 15.9 Å². The van der Waals surface area contributed by atoms with Crippen LogP contribution in [0.4, 0.5) is 10.1 Å². The number of nitrogens with zero attached hydrogens (tertiary/aromatic N) is 2. The lowest BCUT2D eigenvalue weighted by Crippen LogP contribution is -2.35. The lowest BCUT2D eigenvalue weighted by molar-refractivity contribution is 0.0935. The van der Waals surface area contributed by atoms with Crippen LogP contribution in [0.25, 0.3) is 0 Å². The number of sulfonamides is 1. The molecule has 0 spiro atoms. The molecule has 3 aromatic rings. The van der Waals surface area contributed by atoms with Crippen molar-refractivity contribution in [3.8, 4) is 0 Å². The third-order valence-corrected chi connectivity index (χ3v) is 10.2. The first-order chi connectivity index (χ1) is 19.0. The van der Waals surface area contributed by atoms with Crippen LogP contribution in [0.5, 0.6) is 0 Å². The lowest BCUT2D eigenvalue weighted by atomic mass is 9.76. The van der Waals surface area contributed by atoms with E-state index in [1.165, 1.54) is 37.4 Å². The highest BCUT2D eigenvalue weighted by molar-refractivity contribution is 7.92. The fourth-order valence-electron chi connectivity index (χ4n) is 5.56. The van der Waals surface area contributed by atoms with E-state index in [4.69, 9.17) is 23.2 Å². The Kier molecular flexibility index (Phi) is 9.77. The second kappa shape index (κ2) is 12.9. The van der Waals surface area contributed by atoms with Crippen LogP contribution in [0.15, 0.2) is 71.6 Å². The van der Waals surface area contributed by atoms with Crippen molar-refractivity contribution in [3.63, 3.8) is 0 Å². The zero-order valence-electron chi connectivity index (χ0n) is 22.8. The van der Waals surface area contributed by atoms with E-state index in [1.807, 2.05) is 12.1 Å². The van der Waals surface area contributed by atoms with Crippen molar-refractivity contribution in [2.24, 2.45) is 11.8 Å². The van der Waals surface area contributed by atoms with Gasteiger partial charge in [0.05, 0.1) is 26.2 Å². The third-order valence-electron chi connectivity index (χ3n) is 7.69. The molecule has 1 aliphatic carbocycles. The van der Waals surface area contributed by atoms with Crippen LogP contribution in [0.3, 0.4) is 0 Å². The summed E-state index contributed by atoms with van der Waals surface area (Å²) in [5.41, 5.74) is 1.65. The van der Waals surface area contributed by atoms with Crippen LogP contribution in [0.2, 0.25) is 10.0 Å². The van der Waals surface area contributed by atoms with Crippen LogP contribution in [0.1, 0.15) is 47.6 Å². The molecule has 1 N–H and O–H groups in total. The van der Waals surface area contributed by atoms with E-state index < -0.39 is 10.0 Å². The largest absolute Gasteiger partial charge is 0.352 e. The second-order valence-electron chi connectivity index (χ2n) is 10.5. The van der Waals surface area contributed by atoms with Crippen molar-refractivity contribution in [1.29, 1.82) is 0 Å². The molecule has 6 nitrogen and oxygen atoms in total. The number of amides is 1. The van der Waals surface area contributed by atoms with Crippen molar-refractivity contribution >= 4 is 44.8 Å². The topological polar surface area (TPSA) is 69.7 Å². The minimum atomic E-state index is -3.98. The highest BCUT2D eigenvalue weighted by atomic mass is 35.5. The number of benzene rings is 3. The fraction of sp³-hybridized carbons (Fsp3) is 0.367. The van der Waals surface area contributed by atoms with Crippen molar-refractivity contribution in [3.05, 3.63) is 93.7 Å². The van der Waals surface area contributed by atoms with E-state index in [-0.39, 0.29) is 44.0 Å². The lowest BCUT2D eigenvalue weighted by Gasteiger charge is -2.37. The Bertz CT molecular complexity index is 1440. The monoisotopic (exact) mass is 605 g/mol. The molecular formula is C30H34Cl2FN3O3S. The zero-order chi connectivity index (χ0) is 29.0. The Morgan fingerprint density at radius 2 is 1.60 bits per heavy atom. The Balaban J connectivity index is 1.40. The van der Waals surface area contributed by atoms with Gasteiger partial charge in [-0.1, -0.05) is 47.5 Å². The quantitative estimate of drug-likeness (QED) is 0.291. The Labute approximate surface area is 246 Å². The molecule has 1 atom stereocenters. The molecule has 1 amide bonds. The van der Waals surface area contributed by atoms with E-state index in [0.29, 0.717) is 18.4 Å². The predicted octanol–water partition coefficient (Wildman–Crippen LogP) is 6.80. The van der Waals surface area contributed by atoms with Gasteiger partial charge in [-0.25, -0.2) is 12.8 Å². The molecule has 0 saturated heterocycles. The van der Waals surface area contributed by atoms with Gasteiger partial charge in [-0.3, -0.25) is 9.10 Å². The Hall–Kier alpha value is -2.65. The van der Waals surface area contributed by atoms with Crippen LogP contribution in [-0.4, -0.2) is 46.9 Å². The maximum Gasteiger partial charge on any atom is 0.264 e. The summed E-state index contributed by atoms with van der Waals surface area (Å²) in [5, 5.41) is 3.41. The maximum atomic E-state index is 13.5. The summed E-state index contributed by atoms with van der Waals surface area (Å²) < 4.78 is 41.1. The number of para-hydroxylation sites is 1. The van der Waals surface area contributed by atoms with Gasteiger partial charge in [0.2, 0.25) is 0 Å². The highest BCUT2D eigenvalue weighted by Crippen LogP contribution is 2.39. The Morgan fingerprint density at radius 3 is 2.23 bits per heavy atom. The molecule has 0 aromatic heterocycles. The standard InChI is InChI=1S/C30H34Cl2FN3O3S/c1-35(2)29(22-12-14-23(33)15-13-22)21-10-8-20(9-11-21)19-34-30(37)25-6-4-5-7-28(25)36(3)40(38,39)24-16-17-26(31)27(32)18-24/h4-7,12-18,20-21,29H,8-11,19H2,1-3H3,(H,34,37). The summed E-state index contributed by atoms with van der Waals surface area (Å²) in [6.45, 7) is 0.506. The van der Waals surface area contributed by atoms with Gasteiger partial charge >= 0.3 is 0 Å². The number of anilines is 1. The molecular weight excluding hydrogens is 572 g/mol. The average Bonchev–Trinajstić information content (AvgIpc) is 2.94. The van der Waals surface area contributed by atoms with Gasteiger partial charge in [-0.2, -0.15) is 0 Å². The molecule has 1 unspecified atom stereocenters. The summed E-state index contributed by atoms with van der Waals surface area (Å²) in [7, 11) is 1.53. The second-order valence-corrected chi connectivity index (χ2v) is 13.3. The predicted molar refractivity (Wildman–Crippen MR) is 159 cm³/mol. The Morgan fingerprint density at radius 1 is 0.950 bits per heavy atom. The number of carbonyl (C=O) groups excluding carboxylic acids is 1. The van der Waals surface area contributed by atoms with E-state index >= 15 is 0 Å². The summed E-state index contributed by atoms with van der Waals surface area (Å²) in [5.74, 6) is 0.196. The van der Waals surface area contributed by atoms with E-state index in [2.05, 4.69) is 24.3 Å². The minimum absolute atomic E-state index is 0.0203. The first-order valence-corrected chi connectivity index (χ1v) is 15.4. The van der Waals surface area contributed by atoms with Crippen LogP contribution in [0, 0.1) is 17.7 Å². The third kappa shape index (κ3) is 6.79. The molecule has 1 fully saturated rings. The molecule has 0 bridgehead atoms. The molecule has 1 saturated carbocycles. The van der Waals surface area contributed by atoms with E-state index in [0.717, 1.165) is 35.6 Å². The number of halogens is 3. The van der Waals surface area contributed by atoms with Gasteiger partial charge in [-0.05, 0) is 99.6 Å². The first-order valence-electron chi connectivity index (χ1n) is 13.2.